The van der Waals surface area contributed by atoms with Crippen molar-refractivity contribution in [2.75, 3.05) is 0 Å². The van der Waals surface area contributed by atoms with Crippen molar-refractivity contribution >= 4 is 33.3 Å². The molecule has 0 aliphatic rings. The fraction of sp³-hybridized carbons (Fsp3) is 0.300. The number of fused-ring (bicyclic) bond motifs is 1. The Balaban J connectivity index is 2.12. The maximum Gasteiger partial charge on any atom is 0.346 e. The van der Waals surface area contributed by atoms with E-state index < -0.39 is 5.97 Å². The summed E-state index contributed by atoms with van der Waals surface area (Å²) in [4.78, 5) is 42.1. The largest absolute Gasteiger partial charge is 0.477 e. The molecule has 0 saturated carbocycles. The number of nitrogens with zero attached hydrogens (tertiary/aromatic N) is 2. The second-order valence-electron chi connectivity index (χ2n) is 6.54. The Kier molecular flexibility index (Phi) is 4.97. The summed E-state index contributed by atoms with van der Waals surface area (Å²) in [6, 6.07) is 5.46. The molecule has 6 nitrogen and oxygen atoms in total. The van der Waals surface area contributed by atoms with Gasteiger partial charge in [-0.1, -0.05) is 19.1 Å². The molecule has 1 aromatic carbocycles. The van der Waals surface area contributed by atoms with E-state index in [1.165, 1.54) is 4.57 Å². The topological polar surface area (TPSA) is 89.3 Å². The number of hydrogen-bond donors (Lipinski definition) is 1. The number of rotatable bonds is 5. The van der Waals surface area contributed by atoms with Gasteiger partial charge in [-0.25, -0.2) is 9.78 Å². The highest BCUT2D eigenvalue weighted by atomic mass is 32.1. The molecular weight excluding hydrogens is 364 g/mol. The van der Waals surface area contributed by atoms with E-state index in [9.17, 15) is 19.5 Å². The molecule has 3 aromatic rings. The van der Waals surface area contributed by atoms with Crippen LogP contribution in [0.1, 0.15) is 49.5 Å². The van der Waals surface area contributed by atoms with Gasteiger partial charge in [0.1, 0.15) is 15.5 Å². The normalized spacial score (nSPS) is 11.1. The lowest BCUT2D eigenvalue weighted by Crippen LogP contribution is -2.28. The molecule has 0 aliphatic carbocycles. The van der Waals surface area contributed by atoms with Crippen molar-refractivity contribution in [3.8, 4) is 0 Å². The molecule has 1 N–H and O–H groups in total. The number of carbonyl (C=O) groups excluding carboxylic acids is 1. The fourth-order valence-corrected chi connectivity index (χ4v) is 4.07. The van der Waals surface area contributed by atoms with Gasteiger partial charge in [-0.05, 0) is 43.5 Å². The standard InChI is InChI=1S/C20H20N2O4S/c1-5-15-21-18-16(12(4)17(27-18)20(25)26)19(24)22(15)9-14(23)13-7-6-10(2)11(3)8-13/h6-8H,5,9H2,1-4H3,(H,25,26). The maximum absolute atomic E-state index is 13.0. The van der Waals surface area contributed by atoms with Crippen LogP contribution in [0.15, 0.2) is 23.0 Å². The van der Waals surface area contributed by atoms with Gasteiger partial charge >= 0.3 is 5.97 Å². The van der Waals surface area contributed by atoms with E-state index in [2.05, 4.69) is 4.98 Å². The van der Waals surface area contributed by atoms with Gasteiger partial charge in [-0.15, -0.1) is 11.3 Å². The van der Waals surface area contributed by atoms with Crippen LogP contribution >= 0.6 is 11.3 Å². The molecule has 0 atom stereocenters. The highest BCUT2D eigenvalue weighted by Crippen LogP contribution is 2.27. The van der Waals surface area contributed by atoms with Crippen LogP contribution in [0, 0.1) is 20.8 Å². The summed E-state index contributed by atoms with van der Waals surface area (Å²) in [7, 11) is 0. The molecule has 0 amide bonds. The highest BCUT2D eigenvalue weighted by Gasteiger charge is 2.21. The zero-order chi connectivity index (χ0) is 19.9. The van der Waals surface area contributed by atoms with E-state index in [0.29, 0.717) is 28.2 Å². The number of aromatic carboxylic acids is 1. The van der Waals surface area contributed by atoms with Crippen LogP contribution in [-0.2, 0) is 13.0 Å². The van der Waals surface area contributed by atoms with Gasteiger partial charge in [0.2, 0.25) is 0 Å². The lowest BCUT2D eigenvalue weighted by molar-refractivity contribution is 0.0701. The molecule has 27 heavy (non-hydrogen) atoms. The number of carboxylic acid groups (broad SMARTS) is 1. The van der Waals surface area contributed by atoms with Crippen LogP contribution in [-0.4, -0.2) is 26.4 Å². The van der Waals surface area contributed by atoms with Crippen LogP contribution < -0.4 is 5.56 Å². The first-order chi connectivity index (χ1) is 12.7. The van der Waals surface area contributed by atoms with E-state index in [4.69, 9.17) is 0 Å². The Morgan fingerprint density at radius 2 is 1.89 bits per heavy atom. The van der Waals surface area contributed by atoms with Gasteiger partial charge < -0.3 is 5.11 Å². The second kappa shape index (κ2) is 7.08. The van der Waals surface area contributed by atoms with Crippen molar-refractivity contribution < 1.29 is 14.7 Å². The van der Waals surface area contributed by atoms with Gasteiger partial charge in [0.05, 0.1) is 11.9 Å². The van der Waals surface area contributed by atoms with E-state index in [-0.39, 0.29) is 28.2 Å². The quantitative estimate of drug-likeness (QED) is 0.680. The number of aryl methyl sites for hydroxylation is 4. The minimum absolute atomic E-state index is 0.106. The third-order valence-electron chi connectivity index (χ3n) is 4.77. The van der Waals surface area contributed by atoms with Crippen LogP contribution in [0.5, 0.6) is 0 Å². The average Bonchev–Trinajstić information content (AvgIpc) is 2.96. The lowest BCUT2D eigenvalue weighted by Gasteiger charge is -2.11. The summed E-state index contributed by atoms with van der Waals surface area (Å²) in [5, 5.41) is 9.60. The molecule has 0 radical (unpaired) electrons. The molecule has 0 aliphatic heterocycles. The second-order valence-corrected chi connectivity index (χ2v) is 7.54. The first-order valence-electron chi connectivity index (χ1n) is 8.61. The van der Waals surface area contributed by atoms with Crippen LogP contribution in [0.25, 0.3) is 10.2 Å². The zero-order valence-electron chi connectivity index (χ0n) is 15.6. The molecule has 3 rings (SSSR count). The van der Waals surface area contributed by atoms with Gasteiger partial charge in [0.25, 0.3) is 5.56 Å². The summed E-state index contributed by atoms with van der Waals surface area (Å²) >= 11 is 0.994. The van der Waals surface area contributed by atoms with Crippen molar-refractivity contribution in [1.82, 2.24) is 9.55 Å². The highest BCUT2D eigenvalue weighted by molar-refractivity contribution is 7.20. The molecular formula is C20H20N2O4S. The predicted molar refractivity (Wildman–Crippen MR) is 105 cm³/mol. The minimum atomic E-state index is -1.08. The monoisotopic (exact) mass is 384 g/mol. The van der Waals surface area contributed by atoms with Crippen molar-refractivity contribution in [2.45, 2.75) is 40.7 Å². The maximum atomic E-state index is 13.0. The number of Topliss-reactive ketones (excluding diaryl/α,β-unsaturated/α-hetero) is 1. The number of aromatic nitrogens is 2. The molecule has 140 valence electrons. The summed E-state index contributed by atoms with van der Waals surface area (Å²) < 4.78 is 1.37. The number of benzene rings is 1. The summed E-state index contributed by atoms with van der Waals surface area (Å²) in [5.74, 6) is -0.782. The number of hydrogen-bond acceptors (Lipinski definition) is 5. The lowest BCUT2D eigenvalue weighted by atomic mass is 10.0. The Hall–Kier alpha value is -2.80. The smallest absolute Gasteiger partial charge is 0.346 e. The minimum Gasteiger partial charge on any atom is -0.477 e. The van der Waals surface area contributed by atoms with E-state index in [0.717, 1.165) is 22.5 Å². The van der Waals surface area contributed by atoms with Crippen molar-refractivity contribution in [3.05, 3.63) is 61.5 Å². The molecule has 7 heteroatoms. The number of thiophene rings is 1. The van der Waals surface area contributed by atoms with Gasteiger partial charge in [-0.3, -0.25) is 14.2 Å². The van der Waals surface area contributed by atoms with Crippen LogP contribution in [0.2, 0.25) is 0 Å². The van der Waals surface area contributed by atoms with Gasteiger partial charge in [0, 0.05) is 12.0 Å². The molecule has 0 unspecified atom stereocenters. The Bertz CT molecular complexity index is 1140. The predicted octanol–water partition coefficient (Wildman–Crippen LogP) is 3.53. The van der Waals surface area contributed by atoms with Crippen molar-refractivity contribution in [2.24, 2.45) is 0 Å². The Labute approximate surface area is 160 Å². The number of ketones is 1. The zero-order valence-corrected chi connectivity index (χ0v) is 16.4. The number of carbonyl (C=O) groups is 2. The van der Waals surface area contributed by atoms with Crippen molar-refractivity contribution in [3.63, 3.8) is 0 Å². The van der Waals surface area contributed by atoms with Crippen molar-refractivity contribution in [1.29, 1.82) is 0 Å². The fourth-order valence-electron chi connectivity index (χ4n) is 3.05. The molecule has 2 aromatic heterocycles. The SMILES string of the molecule is CCc1nc2sc(C(=O)O)c(C)c2c(=O)n1CC(=O)c1ccc(C)c(C)c1. The third-order valence-corrected chi connectivity index (χ3v) is 5.94. The summed E-state index contributed by atoms with van der Waals surface area (Å²) in [6.07, 6.45) is 0.463. The molecule has 2 heterocycles. The van der Waals surface area contributed by atoms with Crippen LogP contribution in [0.4, 0.5) is 0 Å². The molecule has 0 spiro atoms. The third kappa shape index (κ3) is 3.30. The molecule has 0 bridgehead atoms. The Morgan fingerprint density at radius 3 is 2.48 bits per heavy atom. The van der Waals surface area contributed by atoms with Gasteiger partial charge in [-0.2, -0.15) is 0 Å². The molecule has 0 saturated heterocycles. The first kappa shape index (κ1) is 19.0. The summed E-state index contributed by atoms with van der Waals surface area (Å²) in [5.41, 5.74) is 2.68. The Morgan fingerprint density at radius 1 is 1.19 bits per heavy atom. The van der Waals surface area contributed by atoms with Gasteiger partial charge in [0.15, 0.2) is 5.78 Å². The van der Waals surface area contributed by atoms with E-state index in [1.807, 2.05) is 32.9 Å². The average molecular weight is 384 g/mol. The first-order valence-corrected chi connectivity index (χ1v) is 9.42. The van der Waals surface area contributed by atoms with Crippen LogP contribution in [0.3, 0.4) is 0 Å². The van der Waals surface area contributed by atoms with E-state index in [1.54, 1.807) is 13.0 Å². The van der Waals surface area contributed by atoms with E-state index >= 15 is 0 Å². The summed E-state index contributed by atoms with van der Waals surface area (Å²) in [6.45, 7) is 7.24. The number of carboxylic acids is 1. The molecule has 0 fully saturated rings.